The molecule has 2 rings (SSSR count). The molecule has 0 bridgehead atoms. The number of aliphatic imine (C=N–C) groups is 1. The number of morpholine rings is 1. The van der Waals surface area contributed by atoms with Gasteiger partial charge in [0.15, 0.2) is 5.96 Å². The van der Waals surface area contributed by atoms with E-state index in [1.54, 1.807) is 6.08 Å². The lowest BCUT2D eigenvalue weighted by Crippen LogP contribution is -2.39. The van der Waals surface area contributed by atoms with Crippen LogP contribution in [0.25, 0.3) is 0 Å². The van der Waals surface area contributed by atoms with E-state index in [1.807, 2.05) is 24.3 Å². The van der Waals surface area contributed by atoms with Crippen molar-refractivity contribution in [2.45, 2.75) is 13.0 Å². The van der Waals surface area contributed by atoms with Crippen molar-refractivity contribution in [3.8, 4) is 5.75 Å². The zero-order chi connectivity index (χ0) is 17.0. The van der Waals surface area contributed by atoms with Crippen molar-refractivity contribution in [2.24, 2.45) is 10.7 Å². The molecule has 1 aromatic rings. The third-order valence-corrected chi connectivity index (χ3v) is 3.81. The summed E-state index contributed by atoms with van der Waals surface area (Å²) < 4.78 is 11.0. The minimum Gasteiger partial charge on any atom is -0.489 e. The Kier molecular flexibility index (Phi) is 11.3. The highest BCUT2D eigenvalue weighted by molar-refractivity contribution is 14.0. The molecule has 25 heavy (non-hydrogen) atoms. The van der Waals surface area contributed by atoms with Gasteiger partial charge in [-0.1, -0.05) is 30.9 Å². The summed E-state index contributed by atoms with van der Waals surface area (Å²) in [7, 11) is 0. The molecule has 0 amide bonds. The summed E-state index contributed by atoms with van der Waals surface area (Å²) in [5.74, 6) is 1.29. The number of ether oxygens (including phenoxy) is 2. The van der Waals surface area contributed by atoms with Crippen LogP contribution in [0.3, 0.4) is 0 Å². The molecule has 1 heterocycles. The smallest absolute Gasteiger partial charge is 0.188 e. The number of rotatable bonds is 9. The molecule has 140 valence electrons. The third-order valence-electron chi connectivity index (χ3n) is 3.81. The second-order valence-corrected chi connectivity index (χ2v) is 5.64. The van der Waals surface area contributed by atoms with Crippen LogP contribution >= 0.6 is 24.0 Å². The van der Waals surface area contributed by atoms with Gasteiger partial charge in [-0.05, 0) is 19.0 Å². The number of nitrogens with two attached hydrogens (primary N) is 1. The molecular formula is C18H29IN4O2. The van der Waals surface area contributed by atoms with Gasteiger partial charge >= 0.3 is 0 Å². The molecule has 1 aliphatic rings. The van der Waals surface area contributed by atoms with E-state index in [4.69, 9.17) is 15.2 Å². The van der Waals surface area contributed by atoms with Crippen molar-refractivity contribution in [1.82, 2.24) is 10.2 Å². The highest BCUT2D eigenvalue weighted by Gasteiger charge is 2.09. The van der Waals surface area contributed by atoms with Gasteiger partial charge in [0, 0.05) is 25.2 Å². The quantitative estimate of drug-likeness (QED) is 0.194. The van der Waals surface area contributed by atoms with Gasteiger partial charge in [-0.25, -0.2) is 4.99 Å². The van der Waals surface area contributed by atoms with Crippen LogP contribution in [0.2, 0.25) is 0 Å². The maximum absolute atomic E-state index is 5.94. The van der Waals surface area contributed by atoms with E-state index in [-0.39, 0.29) is 24.0 Å². The summed E-state index contributed by atoms with van der Waals surface area (Å²) in [5, 5.41) is 3.17. The third kappa shape index (κ3) is 8.55. The van der Waals surface area contributed by atoms with Gasteiger partial charge in [0.25, 0.3) is 0 Å². The molecule has 1 aliphatic heterocycles. The summed E-state index contributed by atoms with van der Waals surface area (Å²) in [6.07, 6.45) is 2.76. The fraction of sp³-hybridized carbons (Fsp3) is 0.500. The molecule has 0 aromatic heterocycles. The summed E-state index contributed by atoms with van der Waals surface area (Å²) in [6, 6.07) is 7.84. The highest BCUT2D eigenvalue weighted by Crippen LogP contribution is 2.18. The molecule has 6 nitrogen and oxygen atoms in total. The van der Waals surface area contributed by atoms with E-state index in [9.17, 15) is 0 Å². The average Bonchev–Trinajstić information content (AvgIpc) is 2.63. The van der Waals surface area contributed by atoms with Gasteiger partial charge in [0.05, 0.1) is 19.8 Å². The van der Waals surface area contributed by atoms with Gasteiger partial charge in [-0.3, -0.25) is 4.90 Å². The fourth-order valence-corrected chi connectivity index (χ4v) is 2.49. The van der Waals surface area contributed by atoms with Crippen LogP contribution in [0.15, 0.2) is 41.9 Å². The first-order valence-corrected chi connectivity index (χ1v) is 8.45. The molecule has 0 saturated carbocycles. The fourth-order valence-electron chi connectivity index (χ4n) is 2.49. The second-order valence-electron chi connectivity index (χ2n) is 5.64. The number of nitrogens with zero attached hydrogens (tertiary/aromatic N) is 2. The number of halogens is 1. The van der Waals surface area contributed by atoms with Crippen molar-refractivity contribution in [3.63, 3.8) is 0 Å². The SMILES string of the molecule is C=CCOc1ccccc1CN=C(N)NCCCN1CCOCC1.I. The van der Waals surface area contributed by atoms with Gasteiger partial charge < -0.3 is 20.5 Å². The zero-order valence-electron chi connectivity index (χ0n) is 14.7. The number of hydrogen-bond acceptors (Lipinski definition) is 4. The molecule has 7 heteroatoms. The first-order chi connectivity index (χ1) is 11.8. The van der Waals surface area contributed by atoms with Crippen LogP contribution < -0.4 is 15.8 Å². The van der Waals surface area contributed by atoms with Gasteiger partial charge in [0.2, 0.25) is 0 Å². The van der Waals surface area contributed by atoms with E-state index in [1.165, 1.54) is 0 Å². The number of hydrogen-bond donors (Lipinski definition) is 2. The monoisotopic (exact) mass is 460 g/mol. The summed E-state index contributed by atoms with van der Waals surface area (Å²) in [4.78, 5) is 6.80. The van der Waals surface area contributed by atoms with Crippen LogP contribution in [0.4, 0.5) is 0 Å². The van der Waals surface area contributed by atoms with Crippen molar-refractivity contribution in [3.05, 3.63) is 42.5 Å². The zero-order valence-corrected chi connectivity index (χ0v) is 17.0. The van der Waals surface area contributed by atoms with Gasteiger partial charge in [-0.15, -0.1) is 24.0 Å². The molecule has 0 spiro atoms. The summed E-state index contributed by atoms with van der Waals surface area (Å²) >= 11 is 0. The molecule has 1 fully saturated rings. The molecule has 1 saturated heterocycles. The Morgan fingerprint density at radius 2 is 2.12 bits per heavy atom. The maximum atomic E-state index is 5.94. The highest BCUT2D eigenvalue weighted by atomic mass is 127. The van der Waals surface area contributed by atoms with E-state index in [0.717, 1.165) is 57.1 Å². The first-order valence-electron chi connectivity index (χ1n) is 8.45. The molecule has 1 aromatic carbocycles. The Hall–Kier alpha value is -1.32. The maximum Gasteiger partial charge on any atom is 0.188 e. The van der Waals surface area contributed by atoms with Crippen molar-refractivity contribution in [1.29, 1.82) is 0 Å². The molecule has 0 aliphatic carbocycles. The van der Waals surface area contributed by atoms with Crippen LogP contribution in [0, 0.1) is 0 Å². The molecular weight excluding hydrogens is 431 g/mol. The largest absolute Gasteiger partial charge is 0.489 e. The first kappa shape index (κ1) is 21.7. The lowest BCUT2D eigenvalue weighted by molar-refractivity contribution is 0.0376. The Morgan fingerprint density at radius 3 is 2.88 bits per heavy atom. The molecule has 0 radical (unpaired) electrons. The summed E-state index contributed by atoms with van der Waals surface area (Å²) in [5.41, 5.74) is 6.95. The van der Waals surface area contributed by atoms with Crippen LogP contribution in [-0.4, -0.2) is 56.9 Å². The minimum absolute atomic E-state index is 0. The lowest BCUT2D eigenvalue weighted by Gasteiger charge is -2.26. The number of para-hydroxylation sites is 1. The van der Waals surface area contributed by atoms with Crippen molar-refractivity contribution < 1.29 is 9.47 Å². The standard InChI is InChI=1S/C18H28N4O2.HI/c1-2-12-24-17-7-4-3-6-16(17)15-21-18(19)20-8-5-9-22-10-13-23-14-11-22;/h2-4,6-7H,1,5,8-15H2,(H3,19,20,21);1H. The predicted molar refractivity (Wildman–Crippen MR) is 113 cm³/mol. The number of guanidine groups is 1. The Labute approximate surface area is 167 Å². The van der Waals surface area contributed by atoms with Crippen LogP contribution in [0.5, 0.6) is 5.75 Å². The van der Waals surface area contributed by atoms with Crippen LogP contribution in [-0.2, 0) is 11.3 Å². The van der Waals surface area contributed by atoms with Gasteiger partial charge in [-0.2, -0.15) is 0 Å². The second kappa shape index (κ2) is 13.0. The predicted octanol–water partition coefficient (Wildman–Crippen LogP) is 2.00. The Bertz CT molecular complexity index is 534. The van der Waals surface area contributed by atoms with Gasteiger partial charge in [0.1, 0.15) is 12.4 Å². The van der Waals surface area contributed by atoms with E-state index in [0.29, 0.717) is 19.1 Å². The molecule has 3 N–H and O–H groups in total. The van der Waals surface area contributed by atoms with E-state index < -0.39 is 0 Å². The summed E-state index contributed by atoms with van der Waals surface area (Å²) in [6.45, 7) is 10.2. The number of benzene rings is 1. The topological polar surface area (TPSA) is 72.1 Å². The minimum atomic E-state index is 0. The molecule has 0 unspecified atom stereocenters. The normalized spacial score (nSPS) is 15.3. The van der Waals surface area contributed by atoms with Crippen LogP contribution in [0.1, 0.15) is 12.0 Å². The lowest BCUT2D eigenvalue weighted by atomic mass is 10.2. The van der Waals surface area contributed by atoms with Crippen molar-refractivity contribution in [2.75, 3.05) is 46.0 Å². The Balaban J connectivity index is 0.00000312. The van der Waals surface area contributed by atoms with E-state index >= 15 is 0 Å². The molecule has 0 atom stereocenters. The number of nitrogens with one attached hydrogen (secondary N) is 1. The van der Waals surface area contributed by atoms with Crippen molar-refractivity contribution >= 4 is 29.9 Å². The Morgan fingerprint density at radius 1 is 1.36 bits per heavy atom. The van der Waals surface area contributed by atoms with E-state index in [2.05, 4.69) is 21.8 Å². The average molecular weight is 460 g/mol.